The predicted molar refractivity (Wildman–Crippen MR) is 90.6 cm³/mol. The number of cyclic esters (lactones) is 1. The van der Waals surface area contributed by atoms with Gasteiger partial charge < -0.3 is 14.8 Å². The number of carbonyl (C=O) groups excluding carboxylic acids is 2. The van der Waals surface area contributed by atoms with E-state index in [1.807, 2.05) is 0 Å². The van der Waals surface area contributed by atoms with Gasteiger partial charge in [-0.15, -0.1) is 0 Å². The number of esters is 1. The molecule has 3 rings (SSSR count). The van der Waals surface area contributed by atoms with Crippen LogP contribution in [0.15, 0.2) is 42.5 Å². The van der Waals surface area contributed by atoms with E-state index in [0.29, 0.717) is 22.0 Å². The highest BCUT2D eigenvalue weighted by Crippen LogP contribution is 2.31. The molecule has 0 fully saturated rings. The molecule has 124 valence electrons. The first-order chi connectivity index (χ1) is 11.4. The Morgan fingerprint density at radius 2 is 1.96 bits per heavy atom. The fourth-order valence-corrected chi connectivity index (χ4v) is 2.79. The van der Waals surface area contributed by atoms with Gasteiger partial charge in [-0.2, -0.15) is 0 Å². The highest BCUT2D eigenvalue weighted by molar-refractivity contribution is 6.31. The van der Waals surface area contributed by atoms with Crippen molar-refractivity contribution in [3.8, 4) is 5.75 Å². The Hall–Kier alpha value is -2.53. The molecular formula is C18H16ClNO4. The summed E-state index contributed by atoms with van der Waals surface area (Å²) in [6.07, 6.45) is 0.285. The number of halogens is 1. The lowest BCUT2D eigenvalue weighted by Gasteiger charge is -2.33. The van der Waals surface area contributed by atoms with Gasteiger partial charge in [-0.05, 0) is 48.9 Å². The standard InChI is InChI=1S/C18H16ClNO4/c1-18(17(22)20-13-5-7-14(23-2)8-6-13)10-11-3-4-12(19)9-15(11)16(21)24-18/h3-9H,10H2,1-2H3,(H,20,22)/t18-/m1/s1. The molecule has 0 radical (unpaired) electrons. The molecule has 0 unspecified atom stereocenters. The van der Waals surface area contributed by atoms with E-state index in [9.17, 15) is 9.59 Å². The zero-order chi connectivity index (χ0) is 17.3. The van der Waals surface area contributed by atoms with Crippen LogP contribution in [0.2, 0.25) is 5.02 Å². The molecule has 2 aromatic carbocycles. The second-order valence-corrected chi connectivity index (χ2v) is 6.22. The summed E-state index contributed by atoms with van der Waals surface area (Å²) in [6, 6.07) is 11.9. The minimum absolute atomic E-state index is 0.285. The minimum atomic E-state index is -1.28. The smallest absolute Gasteiger partial charge is 0.339 e. The zero-order valence-corrected chi connectivity index (χ0v) is 14.0. The van der Waals surface area contributed by atoms with Gasteiger partial charge >= 0.3 is 5.97 Å². The largest absolute Gasteiger partial charge is 0.497 e. The topological polar surface area (TPSA) is 64.6 Å². The number of hydrogen-bond acceptors (Lipinski definition) is 4. The number of methoxy groups -OCH3 is 1. The number of amides is 1. The second kappa shape index (κ2) is 6.17. The van der Waals surface area contributed by atoms with Crippen molar-refractivity contribution in [2.75, 3.05) is 12.4 Å². The van der Waals surface area contributed by atoms with E-state index in [1.165, 1.54) is 0 Å². The second-order valence-electron chi connectivity index (χ2n) is 5.78. The maximum atomic E-state index is 12.6. The predicted octanol–water partition coefficient (Wildman–Crippen LogP) is 3.46. The van der Waals surface area contributed by atoms with Crippen LogP contribution in [0.3, 0.4) is 0 Å². The molecule has 5 nitrogen and oxygen atoms in total. The first-order valence-corrected chi connectivity index (χ1v) is 7.76. The van der Waals surface area contributed by atoms with E-state index in [4.69, 9.17) is 21.1 Å². The molecule has 0 saturated heterocycles. The fraction of sp³-hybridized carbons (Fsp3) is 0.222. The molecule has 0 bridgehead atoms. The molecule has 6 heteroatoms. The number of ether oxygens (including phenoxy) is 2. The quantitative estimate of drug-likeness (QED) is 0.865. The number of hydrogen-bond donors (Lipinski definition) is 1. The monoisotopic (exact) mass is 345 g/mol. The minimum Gasteiger partial charge on any atom is -0.497 e. The summed E-state index contributed by atoms with van der Waals surface area (Å²) in [5, 5.41) is 3.22. The Balaban J connectivity index is 1.81. The number of fused-ring (bicyclic) bond motifs is 1. The SMILES string of the molecule is COc1ccc(NC(=O)[C@@]2(C)Cc3ccc(Cl)cc3C(=O)O2)cc1. The third-order valence-electron chi connectivity index (χ3n) is 3.97. The zero-order valence-electron chi connectivity index (χ0n) is 13.3. The van der Waals surface area contributed by atoms with Crippen molar-refractivity contribution in [3.05, 3.63) is 58.6 Å². The van der Waals surface area contributed by atoms with Crippen LogP contribution in [-0.4, -0.2) is 24.6 Å². The highest BCUT2D eigenvalue weighted by Gasteiger charge is 2.42. The average Bonchev–Trinajstić information content (AvgIpc) is 2.56. The fourth-order valence-electron chi connectivity index (χ4n) is 2.62. The van der Waals surface area contributed by atoms with E-state index in [0.717, 1.165) is 5.56 Å². The molecule has 1 N–H and O–H groups in total. The maximum Gasteiger partial charge on any atom is 0.339 e. The van der Waals surface area contributed by atoms with Gasteiger partial charge in [0.2, 0.25) is 0 Å². The van der Waals surface area contributed by atoms with Crippen LogP contribution < -0.4 is 10.1 Å². The van der Waals surface area contributed by atoms with Crippen LogP contribution in [0.4, 0.5) is 5.69 Å². The summed E-state index contributed by atoms with van der Waals surface area (Å²) in [6.45, 7) is 1.60. The normalized spacial score (nSPS) is 19.2. The Labute approximate surface area is 144 Å². The third kappa shape index (κ3) is 3.08. The van der Waals surface area contributed by atoms with Crippen molar-refractivity contribution < 1.29 is 19.1 Å². The van der Waals surface area contributed by atoms with Crippen LogP contribution >= 0.6 is 11.6 Å². The van der Waals surface area contributed by atoms with E-state index in [1.54, 1.807) is 56.5 Å². The van der Waals surface area contributed by atoms with Crippen molar-refractivity contribution in [2.45, 2.75) is 18.9 Å². The van der Waals surface area contributed by atoms with Gasteiger partial charge in [0.15, 0.2) is 5.60 Å². The van der Waals surface area contributed by atoms with Crippen LogP contribution in [0.5, 0.6) is 5.75 Å². The van der Waals surface area contributed by atoms with Gasteiger partial charge in [0.25, 0.3) is 5.91 Å². The maximum absolute atomic E-state index is 12.6. The van der Waals surface area contributed by atoms with Crippen molar-refractivity contribution in [1.29, 1.82) is 0 Å². The molecule has 0 aliphatic carbocycles. The molecule has 0 spiro atoms. The van der Waals surface area contributed by atoms with Crippen molar-refractivity contribution >= 4 is 29.2 Å². The van der Waals surface area contributed by atoms with Crippen molar-refractivity contribution in [2.24, 2.45) is 0 Å². The lowest BCUT2D eigenvalue weighted by molar-refractivity contribution is -0.134. The van der Waals surface area contributed by atoms with Crippen LogP contribution in [0.1, 0.15) is 22.8 Å². The van der Waals surface area contributed by atoms with Gasteiger partial charge in [0.05, 0.1) is 12.7 Å². The van der Waals surface area contributed by atoms with Crippen molar-refractivity contribution in [1.82, 2.24) is 0 Å². The lowest BCUT2D eigenvalue weighted by Crippen LogP contribution is -2.48. The van der Waals surface area contributed by atoms with E-state index in [2.05, 4.69) is 5.32 Å². The number of benzene rings is 2. The first kappa shape index (κ1) is 16.3. The number of nitrogens with one attached hydrogen (secondary N) is 1. The molecule has 0 saturated carbocycles. The highest BCUT2D eigenvalue weighted by atomic mass is 35.5. The molecule has 2 aromatic rings. The Kier molecular flexibility index (Phi) is 4.20. The van der Waals surface area contributed by atoms with Gasteiger partial charge in [-0.1, -0.05) is 17.7 Å². The summed E-state index contributed by atoms with van der Waals surface area (Å²) in [4.78, 5) is 24.8. The van der Waals surface area contributed by atoms with E-state index in [-0.39, 0.29) is 12.3 Å². The summed E-state index contributed by atoms with van der Waals surface area (Å²) in [5.41, 5.74) is 0.456. The van der Waals surface area contributed by atoms with Crippen molar-refractivity contribution in [3.63, 3.8) is 0 Å². The summed E-state index contributed by atoms with van der Waals surface area (Å²) in [5.74, 6) is -0.248. The summed E-state index contributed by atoms with van der Waals surface area (Å²) >= 11 is 5.91. The molecule has 1 aliphatic heterocycles. The number of carbonyl (C=O) groups is 2. The molecule has 0 aromatic heterocycles. The van der Waals surface area contributed by atoms with Gasteiger partial charge in [-0.3, -0.25) is 4.79 Å². The molecule has 1 aliphatic rings. The number of rotatable bonds is 3. The average molecular weight is 346 g/mol. The third-order valence-corrected chi connectivity index (χ3v) is 4.20. The molecule has 24 heavy (non-hydrogen) atoms. The Morgan fingerprint density at radius 3 is 2.62 bits per heavy atom. The summed E-state index contributed by atoms with van der Waals surface area (Å²) in [7, 11) is 1.57. The lowest BCUT2D eigenvalue weighted by atomic mass is 9.89. The molecular weight excluding hydrogens is 330 g/mol. The number of anilines is 1. The van der Waals surface area contributed by atoms with Crippen LogP contribution in [0, 0.1) is 0 Å². The van der Waals surface area contributed by atoms with E-state index < -0.39 is 11.6 Å². The van der Waals surface area contributed by atoms with E-state index >= 15 is 0 Å². The molecule has 1 amide bonds. The Bertz CT molecular complexity index is 803. The van der Waals surface area contributed by atoms with Crippen LogP contribution in [0.25, 0.3) is 0 Å². The van der Waals surface area contributed by atoms with Crippen LogP contribution in [-0.2, 0) is 16.0 Å². The van der Waals surface area contributed by atoms with Gasteiger partial charge in [0.1, 0.15) is 5.75 Å². The van der Waals surface area contributed by atoms with Gasteiger partial charge in [-0.25, -0.2) is 4.79 Å². The first-order valence-electron chi connectivity index (χ1n) is 7.38. The molecule has 1 atom stereocenters. The molecule has 1 heterocycles. The van der Waals surface area contributed by atoms with Gasteiger partial charge in [0, 0.05) is 17.1 Å². The Morgan fingerprint density at radius 1 is 1.25 bits per heavy atom. The summed E-state index contributed by atoms with van der Waals surface area (Å²) < 4.78 is 10.5.